The Morgan fingerprint density at radius 2 is 1.06 bits per heavy atom. The minimum absolute atomic E-state index is 0.176. The molecule has 0 atom stereocenters. The Morgan fingerprint density at radius 3 is 1.71 bits per heavy atom. The summed E-state index contributed by atoms with van der Waals surface area (Å²) in [6.07, 6.45) is 0. The summed E-state index contributed by atoms with van der Waals surface area (Å²) >= 11 is 0. The van der Waals surface area contributed by atoms with E-state index in [9.17, 15) is 4.39 Å². The quantitative estimate of drug-likeness (QED) is 0.180. The molecule has 0 aromatic heterocycles. The van der Waals surface area contributed by atoms with Gasteiger partial charge in [-0.3, -0.25) is 0 Å². The summed E-state index contributed by atoms with van der Waals surface area (Å²) in [5.41, 5.74) is 2.66. The van der Waals surface area contributed by atoms with Gasteiger partial charge in [0.15, 0.2) is 0 Å². The number of benzene rings is 7. The number of hydrogen-bond donors (Lipinski definition) is 0. The molecule has 1 heteroatoms. The van der Waals surface area contributed by atoms with Crippen LogP contribution >= 0.6 is 0 Å². The van der Waals surface area contributed by atoms with Gasteiger partial charge >= 0.3 is 0 Å². The Hall–Kier alpha value is -4.49. The molecule has 0 spiro atoms. The Balaban J connectivity index is 1.72. The first kappa shape index (κ1) is 15.4. The third kappa shape index (κ3) is 3.05. The lowest BCUT2D eigenvalue weighted by Gasteiger charge is -2.19. The Bertz CT molecular complexity index is 2100. The molecule has 0 radical (unpaired) electrons. The van der Waals surface area contributed by atoms with Crippen LogP contribution in [-0.4, -0.2) is 0 Å². The molecule has 0 bridgehead atoms. The molecule has 0 heterocycles. The summed E-state index contributed by atoms with van der Waals surface area (Å²) in [4.78, 5) is 0. The highest BCUT2D eigenvalue weighted by molar-refractivity contribution is 6.25. The summed E-state index contributed by atoms with van der Waals surface area (Å²) < 4.78 is 56.8. The maximum absolute atomic E-state index is 14.5. The molecule has 7 rings (SSSR count). The largest absolute Gasteiger partial charge is 0.207 e. The van der Waals surface area contributed by atoms with Crippen molar-refractivity contribution in [3.63, 3.8) is 0 Å². The van der Waals surface area contributed by atoms with E-state index >= 15 is 0 Å². The van der Waals surface area contributed by atoms with E-state index in [-0.39, 0.29) is 35.6 Å². The van der Waals surface area contributed by atoms with Gasteiger partial charge in [-0.25, -0.2) is 4.39 Å². The molecule has 0 aliphatic heterocycles. The minimum atomic E-state index is -0.418. The highest BCUT2D eigenvalue weighted by Gasteiger charge is 2.18. The molecule has 0 unspecified atom stereocenters. The Morgan fingerprint density at radius 1 is 0.486 bits per heavy atom. The number of halogens is 1. The minimum Gasteiger partial charge on any atom is -0.207 e. The van der Waals surface area contributed by atoms with Crippen molar-refractivity contribution >= 4 is 43.1 Å². The van der Waals surface area contributed by atoms with Crippen molar-refractivity contribution in [3.05, 3.63) is 133 Å². The summed E-state index contributed by atoms with van der Waals surface area (Å²) in [6, 6.07) is 28.9. The second-order valence-corrected chi connectivity index (χ2v) is 8.68. The lowest BCUT2D eigenvalue weighted by atomic mass is 9.84. The van der Waals surface area contributed by atoms with E-state index in [1.807, 2.05) is 78.9 Å². The van der Waals surface area contributed by atoms with Gasteiger partial charge in [-0.15, -0.1) is 0 Å². The number of fused-ring (bicyclic) bond motifs is 5. The van der Waals surface area contributed by atoms with Gasteiger partial charge in [0.05, 0.1) is 6.85 Å². The van der Waals surface area contributed by atoms with Gasteiger partial charge in [0, 0.05) is 0 Å². The topological polar surface area (TPSA) is 0 Å². The van der Waals surface area contributed by atoms with Crippen LogP contribution in [0.25, 0.3) is 65.3 Å². The normalized spacial score (nSPS) is 13.6. The monoisotopic (exact) mass is 453 g/mol. The Labute approximate surface area is 209 Å². The second-order valence-electron chi connectivity index (χ2n) is 8.68. The van der Waals surface area contributed by atoms with Gasteiger partial charge in [-0.05, 0) is 83.5 Å². The molecule has 0 fully saturated rings. The summed E-state index contributed by atoms with van der Waals surface area (Å²) in [6.45, 7) is 0. The van der Waals surface area contributed by atoms with Crippen molar-refractivity contribution in [2.24, 2.45) is 0 Å². The fraction of sp³-hybridized carbons (Fsp3) is 0. The summed E-state index contributed by atoms with van der Waals surface area (Å²) in [5.74, 6) is -0.305. The maximum atomic E-state index is 14.5. The zero-order chi connectivity index (χ0) is 27.7. The van der Waals surface area contributed by atoms with Crippen LogP contribution in [0.5, 0.6) is 0 Å². The molecule has 0 amide bonds. The van der Waals surface area contributed by atoms with E-state index in [1.54, 1.807) is 6.07 Å². The van der Waals surface area contributed by atoms with Crippen LogP contribution < -0.4 is 0 Å². The molecule has 0 nitrogen and oxygen atoms in total. The number of rotatable bonds is 2. The molecule has 7 aromatic carbocycles. The molecule has 0 saturated carbocycles. The highest BCUT2D eigenvalue weighted by Crippen LogP contribution is 2.46. The van der Waals surface area contributed by atoms with Gasteiger partial charge in [-0.2, -0.15) is 0 Å². The summed E-state index contributed by atoms with van der Waals surface area (Å²) in [5, 5.41) is 6.98. The van der Waals surface area contributed by atoms with Crippen LogP contribution in [0.1, 0.15) is 6.85 Å². The van der Waals surface area contributed by atoms with E-state index < -0.39 is 6.04 Å². The Kier molecular flexibility index (Phi) is 3.43. The van der Waals surface area contributed by atoms with Gasteiger partial charge in [0.25, 0.3) is 0 Å². The predicted molar refractivity (Wildman–Crippen MR) is 147 cm³/mol. The first-order valence-corrected chi connectivity index (χ1v) is 11.5. The average Bonchev–Trinajstić information content (AvgIpc) is 2.98. The smallest absolute Gasteiger partial charge is 0.123 e. The van der Waals surface area contributed by atoms with Gasteiger partial charge in [0.2, 0.25) is 0 Å². The molecule has 0 aliphatic rings. The standard InChI is InChI=1S/C34H21F/c35-24-18-19-26-31(21-24)25-13-5-4-12-23(25)20-32(26)34-29-16-8-6-14-27(29)33(22-10-2-1-3-11-22)28-15-7-9-17-30(28)34/h1-21H/i1D,2D,3D,10D,11D. The van der Waals surface area contributed by atoms with Gasteiger partial charge < -0.3 is 0 Å². The van der Waals surface area contributed by atoms with Gasteiger partial charge in [-0.1, -0.05) is 109 Å². The first-order chi connectivity index (χ1) is 19.4. The van der Waals surface area contributed by atoms with Crippen LogP contribution in [0.4, 0.5) is 4.39 Å². The van der Waals surface area contributed by atoms with Crippen LogP contribution in [-0.2, 0) is 0 Å². The highest BCUT2D eigenvalue weighted by atomic mass is 19.1. The third-order valence-electron chi connectivity index (χ3n) is 6.77. The van der Waals surface area contributed by atoms with E-state index in [2.05, 4.69) is 6.07 Å². The van der Waals surface area contributed by atoms with E-state index in [1.165, 1.54) is 6.07 Å². The molecule has 0 saturated heterocycles. The van der Waals surface area contributed by atoms with E-state index in [0.717, 1.165) is 54.2 Å². The maximum Gasteiger partial charge on any atom is 0.123 e. The van der Waals surface area contributed by atoms with Crippen LogP contribution in [0, 0.1) is 5.82 Å². The van der Waals surface area contributed by atoms with Crippen LogP contribution in [0.15, 0.2) is 127 Å². The zero-order valence-corrected chi connectivity index (χ0v) is 18.6. The lowest BCUT2D eigenvalue weighted by Crippen LogP contribution is -1.92. The molecule has 0 aliphatic carbocycles. The van der Waals surface area contributed by atoms with E-state index in [0.29, 0.717) is 5.56 Å². The van der Waals surface area contributed by atoms with Crippen LogP contribution in [0.3, 0.4) is 0 Å². The first-order valence-electron chi connectivity index (χ1n) is 14.0. The average molecular weight is 454 g/mol. The zero-order valence-electron chi connectivity index (χ0n) is 23.6. The molecule has 164 valence electrons. The predicted octanol–water partition coefficient (Wildman–Crippen LogP) is 9.77. The molecular formula is C34H21F. The van der Waals surface area contributed by atoms with Crippen molar-refractivity contribution in [2.45, 2.75) is 0 Å². The van der Waals surface area contributed by atoms with Gasteiger partial charge in [0.1, 0.15) is 5.82 Å². The van der Waals surface area contributed by atoms with Crippen molar-refractivity contribution in [2.75, 3.05) is 0 Å². The van der Waals surface area contributed by atoms with Crippen LogP contribution in [0.2, 0.25) is 0 Å². The van der Waals surface area contributed by atoms with Crippen molar-refractivity contribution in [1.29, 1.82) is 0 Å². The molecule has 35 heavy (non-hydrogen) atoms. The van der Waals surface area contributed by atoms with Crippen molar-refractivity contribution < 1.29 is 11.2 Å². The third-order valence-corrected chi connectivity index (χ3v) is 6.77. The van der Waals surface area contributed by atoms with Crippen molar-refractivity contribution in [1.82, 2.24) is 0 Å². The SMILES string of the molecule is [2H]c1c([2H])c([2H])c(-c2c3ccccc3c(-c3cc4ccccc4c4cc(F)ccc34)c3ccccc23)c([2H])c1[2H]. The lowest BCUT2D eigenvalue weighted by molar-refractivity contribution is 0.630. The van der Waals surface area contributed by atoms with E-state index in [4.69, 9.17) is 6.85 Å². The molecular weight excluding hydrogens is 427 g/mol. The summed E-state index contributed by atoms with van der Waals surface area (Å²) in [7, 11) is 0. The second kappa shape index (κ2) is 7.78. The molecule has 0 N–H and O–H groups in total. The molecule has 7 aromatic rings. The fourth-order valence-electron chi connectivity index (χ4n) is 5.35. The van der Waals surface area contributed by atoms with Crippen molar-refractivity contribution in [3.8, 4) is 22.3 Å². The fourth-order valence-corrected chi connectivity index (χ4v) is 5.35. The number of hydrogen-bond acceptors (Lipinski definition) is 0.